The molecular formula is C15H20F3N7O3S. The van der Waals surface area contributed by atoms with Crippen LogP contribution in [0.15, 0.2) is 37.6 Å². The van der Waals surface area contributed by atoms with Gasteiger partial charge in [-0.3, -0.25) is 4.72 Å². The van der Waals surface area contributed by atoms with Gasteiger partial charge in [0.05, 0.1) is 18.5 Å². The predicted octanol–water partition coefficient (Wildman–Crippen LogP) is 4.05. The number of hydrogen-bond donors (Lipinski definition) is 1. The molecule has 14 heteroatoms. The molecular weight excluding hydrogens is 415 g/mol. The number of amidine groups is 1. The van der Waals surface area contributed by atoms with Crippen LogP contribution in [0.2, 0.25) is 0 Å². The van der Waals surface area contributed by atoms with Crippen molar-refractivity contribution in [3.05, 3.63) is 12.1 Å². The van der Waals surface area contributed by atoms with Crippen molar-refractivity contribution in [2.24, 2.45) is 25.4 Å². The number of alkyl halides is 3. The van der Waals surface area contributed by atoms with Crippen LogP contribution >= 0.6 is 0 Å². The molecule has 0 aromatic heterocycles. The summed E-state index contributed by atoms with van der Waals surface area (Å²) in [7, 11) is -4.30. The predicted molar refractivity (Wildman–Crippen MR) is 101 cm³/mol. The van der Waals surface area contributed by atoms with E-state index in [2.05, 4.69) is 25.4 Å². The number of nitrogens with zero attached hydrogens (tertiary/aromatic N) is 6. The SMILES string of the molecule is CCN(CC)c1cc(NS(=O)(=O)C(F)(F)F)c(N=NC2N=NC(C)=N2)cc1OC. The summed E-state index contributed by atoms with van der Waals surface area (Å²) >= 11 is 0. The topological polar surface area (TPSA) is 120 Å². The first-order chi connectivity index (χ1) is 13.5. The Morgan fingerprint density at radius 1 is 1.28 bits per heavy atom. The van der Waals surface area contributed by atoms with E-state index in [1.165, 1.54) is 24.0 Å². The zero-order valence-electron chi connectivity index (χ0n) is 16.1. The van der Waals surface area contributed by atoms with E-state index in [4.69, 9.17) is 4.74 Å². The average Bonchev–Trinajstić information content (AvgIpc) is 3.06. The second kappa shape index (κ2) is 8.71. The highest BCUT2D eigenvalue weighted by Gasteiger charge is 2.46. The number of azo groups is 2. The fraction of sp³-hybridized carbons (Fsp3) is 0.533. The molecule has 0 fully saturated rings. The Labute approximate surface area is 165 Å². The summed E-state index contributed by atoms with van der Waals surface area (Å²) in [5.74, 6) is 0.645. The Bertz CT molecular complexity index is 941. The number of anilines is 2. The van der Waals surface area contributed by atoms with Crippen LogP contribution in [0.1, 0.15) is 20.8 Å². The first kappa shape index (κ1) is 22.5. The molecule has 0 bridgehead atoms. The lowest BCUT2D eigenvalue weighted by atomic mass is 10.2. The first-order valence-corrected chi connectivity index (χ1v) is 9.92. The van der Waals surface area contributed by atoms with Gasteiger partial charge in [0, 0.05) is 19.2 Å². The fourth-order valence-electron chi connectivity index (χ4n) is 2.42. The van der Waals surface area contributed by atoms with Gasteiger partial charge in [-0.15, -0.1) is 20.5 Å². The van der Waals surface area contributed by atoms with Crippen molar-refractivity contribution in [2.45, 2.75) is 32.6 Å². The van der Waals surface area contributed by atoms with Crippen LogP contribution < -0.4 is 14.4 Å². The third-order valence-corrected chi connectivity index (χ3v) is 4.93. The lowest BCUT2D eigenvalue weighted by Crippen LogP contribution is -2.30. The normalized spacial score (nSPS) is 16.9. The van der Waals surface area contributed by atoms with Gasteiger partial charge < -0.3 is 9.64 Å². The van der Waals surface area contributed by atoms with Crippen molar-refractivity contribution in [1.82, 2.24) is 0 Å². The second-order valence-electron chi connectivity index (χ2n) is 5.72. The quantitative estimate of drug-likeness (QED) is 0.619. The molecule has 1 atom stereocenters. The molecule has 1 aliphatic heterocycles. The third-order valence-electron chi connectivity index (χ3n) is 3.83. The molecule has 0 aliphatic carbocycles. The maximum atomic E-state index is 12.9. The van der Waals surface area contributed by atoms with Gasteiger partial charge >= 0.3 is 15.5 Å². The minimum atomic E-state index is -5.68. The summed E-state index contributed by atoms with van der Waals surface area (Å²) in [5.41, 5.74) is -5.71. The Balaban J connectivity index is 2.57. The molecule has 29 heavy (non-hydrogen) atoms. The largest absolute Gasteiger partial charge is 0.516 e. The summed E-state index contributed by atoms with van der Waals surface area (Å²) < 4.78 is 68.7. The van der Waals surface area contributed by atoms with E-state index in [1.54, 1.807) is 11.8 Å². The number of ether oxygens (including phenoxy) is 1. The smallest absolute Gasteiger partial charge is 0.494 e. The van der Waals surface area contributed by atoms with E-state index in [9.17, 15) is 21.6 Å². The fourth-order valence-corrected chi connectivity index (χ4v) is 2.99. The molecule has 0 spiro atoms. The van der Waals surface area contributed by atoms with Crippen LogP contribution in [0.4, 0.5) is 30.2 Å². The summed E-state index contributed by atoms with van der Waals surface area (Å²) in [6.45, 7) is 6.28. The molecule has 0 amide bonds. The zero-order chi connectivity index (χ0) is 21.8. The van der Waals surface area contributed by atoms with Crippen LogP contribution in [0, 0.1) is 0 Å². The van der Waals surface area contributed by atoms with Crippen LogP contribution in [-0.2, 0) is 10.0 Å². The van der Waals surface area contributed by atoms with Gasteiger partial charge in [-0.2, -0.15) is 21.6 Å². The number of sulfonamides is 1. The van der Waals surface area contributed by atoms with Crippen LogP contribution in [0.3, 0.4) is 0 Å². The third kappa shape index (κ3) is 5.19. The highest BCUT2D eigenvalue weighted by Crippen LogP contribution is 2.40. The summed E-state index contributed by atoms with van der Waals surface area (Å²) in [6.07, 6.45) is -0.990. The van der Waals surface area contributed by atoms with Crippen molar-refractivity contribution in [1.29, 1.82) is 0 Å². The number of methoxy groups -OCH3 is 1. The van der Waals surface area contributed by atoms with E-state index in [-0.39, 0.29) is 11.4 Å². The highest BCUT2D eigenvalue weighted by molar-refractivity contribution is 7.93. The average molecular weight is 435 g/mol. The van der Waals surface area contributed by atoms with Gasteiger partial charge in [0.15, 0.2) is 0 Å². The van der Waals surface area contributed by atoms with E-state index >= 15 is 0 Å². The van der Waals surface area contributed by atoms with E-state index in [0.717, 1.165) is 0 Å². The minimum Gasteiger partial charge on any atom is -0.494 e. The molecule has 0 saturated heterocycles. The van der Waals surface area contributed by atoms with Gasteiger partial charge in [-0.1, -0.05) is 0 Å². The highest BCUT2D eigenvalue weighted by atomic mass is 32.2. The Hall–Kier alpha value is -2.77. The van der Waals surface area contributed by atoms with Gasteiger partial charge in [-0.05, 0) is 26.8 Å². The molecule has 10 nitrogen and oxygen atoms in total. The monoisotopic (exact) mass is 435 g/mol. The van der Waals surface area contributed by atoms with Gasteiger partial charge in [0.25, 0.3) is 6.29 Å². The summed E-state index contributed by atoms with van der Waals surface area (Å²) in [6, 6.07) is 2.50. The van der Waals surface area contributed by atoms with E-state index < -0.39 is 27.5 Å². The molecule has 1 aromatic carbocycles. The van der Waals surface area contributed by atoms with E-state index in [0.29, 0.717) is 24.6 Å². The first-order valence-electron chi connectivity index (χ1n) is 8.44. The molecule has 160 valence electrons. The number of halogens is 3. The molecule has 1 N–H and O–H groups in total. The summed E-state index contributed by atoms with van der Waals surface area (Å²) in [4.78, 5) is 5.71. The van der Waals surface area contributed by atoms with Crippen LogP contribution in [-0.4, -0.2) is 46.3 Å². The number of aliphatic imine (C=N–C) groups is 1. The number of hydrogen-bond acceptors (Lipinski definition) is 9. The standard InChI is InChI=1S/C15H20F3N7O3S/c1-5-25(6-2)12-7-11(24-29(26,27)15(16,17)18)10(8-13(12)28-4)21-23-14-19-9(3)20-22-14/h7-8,14,24H,5-6H2,1-4H3. The Morgan fingerprint density at radius 3 is 2.41 bits per heavy atom. The molecule has 1 aliphatic rings. The van der Waals surface area contributed by atoms with Gasteiger partial charge in [0.2, 0.25) is 0 Å². The van der Waals surface area contributed by atoms with Crippen molar-refractivity contribution < 1.29 is 26.3 Å². The van der Waals surface area contributed by atoms with Crippen molar-refractivity contribution in [3.63, 3.8) is 0 Å². The molecule has 0 radical (unpaired) electrons. The lowest BCUT2D eigenvalue weighted by Gasteiger charge is -2.25. The van der Waals surface area contributed by atoms with Crippen LogP contribution in [0.5, 0.6) is 5.75 Å². The lowest BCUT2D eigenvalue weighted by molar-refractivity contribution is -0.0429. The second-order valence-corrected chi connectivity index (χ2v) is 7.39. The van der Waals surface area contributed by atoms with Crippen molar-refractivity contribution in [2.75, 3.05) is 29.8 Å². The number of rotatable bonds is 8. The Kier molecular flexibility index (Phi) is 6.77. The van der Waals surface area contributed by atoms with Gasteiger partial charge in [0.1, 0.15) is 17.3 Å². The zero-order valence-corrected chi connectivity index (χ0v) is 16.9. The number of benzene rings is 1. The number of nitrogens with one attached hydrogen (secondary N) is 1. The Morgan fingerprint density at radius 2 is 1.93 bits per heavy atom. The molecule has 1 unspecified atom stereocenters. The van der Waals surface area contributed by atoms with Crippen LogP contribution in [0.25, 0.3) is 0 Å². The van der Waals surface area contributed by atoms with Crippen molar-refractivity contribution in [3.8, 4) is 5.75 Å². The summed E-state index contributed by atoms with van der Waals surface area (Å²) in [5, 5.41) is 15.0. The maximum absolute atomic E-state index is 12.9. The molecule has 0 saturated carbocycles. The van der Waals surface area contributed by atoms with E-state index in [1.807, 2.05) is 13.8 Å². The van der Waals surface area contributed by atoms with Gasteiger partial charge in [-0.25, -0.2) is 4.99 Å². The van der Waals surface area contributed by atoms with Crippen molar-refractivity contribution >= 4 is 32.9 Å². The molecule has 2 rings (SSSR count). The maximum Gasteiger partial charge on any atom is 0.516 e. The minimum absolute atomic E-state index is 0.194. The molecule has 1 heterocycles. The molecule has 1 aromatic rings.